The molecular weight excluding hydrogens is 1580 g/mol. The van der Waals surface area contributed by atoms with Crippen LogP contribution in [-0.2, 0) is 37.8 Å². The van der Waals surface area contributed by atoms with Crippen molar-refractivity contribution < 1.29 is 158 Å². The second kappa shape index (κ2) is 48.8. The summed E-state index contributed by atoms with van der Waals surface area (Å²) in [5, 5.41) is 0. The minimum Gasteiger partial charge on any atom is -0.247 e. The van der Waals surface area contributed by atoms with Crippen LogP contribution in [0.1, 0.15) is 170 Å². The molecule has 6 aromatic carbocycles. The van der Waals surface area contributed by atoms with Gasteiger partial charge >= 0.3 is 6.18 Å². The summed E-state index contributed by atoms with van der Waals surface area (Å²) in [6, 6.07) is 13.2. The molecule has 0 bridgehead atoms. The second-order valence-corrected chi connectivity index (χ2v) is 24.8. The molecule has 1 aliphatic rings. The highest BCUT2D eigenvalue weighted by molar-refractivity contribution is 5.36. The minimum absolute atomic E-state index is 0.0319. The van der Waals surface area contributed by atoms with Gasteiger partial charge < -0.3 is 0 Å². The van der Waals surface area contributed by atoms with Gasteiger partial charge in [-0.05, 0) is 117 Å². The highest BCUT2D eigenvalue weighted by Gasteiger charge is 2.53. The van der Waals surface area contributed by atoms with Crippen LogP contribution in [0.2, 0.25) is 0 Å². The van der Waals surface area contributed by atoms with Crippen molar-refractivity contribution in [3.8, 4) is 0 Å². The predicted octanol–water partition coefficient (Wildman–Crippen LogP) is 28.2. The first-order chi connectivity index (χ1) is 50.6. The van der Waals surface area contributed by atoms with Crippen LogP contribution in [0.5, 0.6) is 0 Å². The first kappa shape index (κ1) is 108. The molecule has 6 aromatic rings. The van der Waals surface area contributed by atoms with E-state index in [1.54, 1.807) is 0 Å². The number of aryl methyl sites for hydroxylation is 2. The maximum absolute atomic E-state index is 13.4. The molecule has 0 heterocycles. The zero-order valence-electron chi connectivity index (χ0n) is 62.5. The molecule has 1 fully saturated rings. The number of hydrogen-bond donors (Lipinski definition) is 0. The van der Waals surface area contributed by atoms with Gasteiger partial charge in [0.15, 0.2) is 106 Å². The van der Waals surface area contributed by atoms with Crippen LogP contribution in [0.3, 0.4) is 0 Å². The lowest BCUT2D eigenvalue weighted by atomic mass is 9.81. The Morgan fingerprint density at radius 3 is 0.955 bits per heavy atom. The first-order valence-electron chi connectivity index (χ1n) is 33.2. The fraction of sp³-hybridized carbons (Fsp3) is 0.520. The second-order valence-electron chi connectivity index (χ2n) is 24.8. The maximum Gasteiger partial charge on any atom is 0.416 e. The number of rotatable bonds is 12. The van der Waals surface area contributed by atoms with Gasteiger partial charge in [0, 0.05) is 53.0 Å². The molecule has 0 radical (unpaired) electrons. The Labute approximate surface area is 619 Å². The first-order valence-corrected chi connectivity index (χ1v) is 33.2. The molecule has 1 aliphatic carbocycles. The number of halogens is 36. The van der Waals surface area contributed by atoms with Crippen molar-refractivity contribution >= 4 is 0 Å². The zero-order chi connectivity index (χ0) is 88.1. The van der Waals surface area contributed by atoms with Crippen molar-refractivity contribution in [1.82, 2.24) is 0 Å². The van der Waals surface area contributed by atoms with Crippen LogP contribution in [-0.4, -0.2) is 68.1 Å². The van der Waals surface area contributed by atoms with Gasteiger partial charge in [-0.25, -0.2) is 145 Å². The Bertz CT molecular complexity index is 3500. The standard InChI is InChI=1S/C11H9F7.C10H10F4.C9H6F6.C9H8F4.C9H12.C8H11F5.C8H5F5.C5H9F3.C3H6F2.C3H8/c1-3-5(6(4(2)12)11(17)18)8(14)10(16)9(15)7(3)13;1-7(11)6-8-2-4-9(5-3-8)10(12,13)14;1-3-5(10)4(9(2,14)15)7(12)8(13)6(3)11;1-3-5-8(12)6(10)4(2)7(11)9(5)13;1-3-9-6-4-8(2)5-7-9;2*1-2-3-4(9)6(11)8(13)7(12)5(3)10;1-3(4(2)6)5(7)8;1-3(2,4)5;1-3-2/h4,6,11H,1-2H3;2-5,7H,6H2,1H3;1-2H3;3H2,1-2H3;4-7H,3H2,1-2H3;3-8H,2H2,1H3;2H2,1H3;3-5H,1-2H3;1-2H3;3H2,1-2H3. The average Bonchev–Trinajstić information content (AvgIpc) is 0.792. The molecule has 9 unspecified atom stereocenters. The minimum atomic E-state index is -4.32. The van der Waals surface area contributed by atoms with E-state index in [4.69, 9.17) is 0 Å². The van der Waals surface area contributed by atoms with Crippen LogP contribution < -0.4 is 0 Å². The summed E-state index contributed by atoms with van der Waals surface area (Å²) in [5.41, 5.74) is -4.06. The van der Waals surface area contributed by atoms with Crippen LogP contribution >= 0.6 is 0 Å². The van der Waals surface area contributed by atoms with E-state index in [9.17, 15) is 158 Å². The van der Waals surface area contributed by atoms with Crippen LogP contribution in [0, 0.1) is 138 Å². The zero-order valence-corrected chi connectivity index (χ0v) is 62.5. The summed E-state index contributed by atoms with van der Waals surface area (Å²) in [5.74, 6) is -41.8. The molecule has 9 atom stereocenters. The Morgan fingerprint density at radius 2 is 0.658 bits per heavy atom. The van der Waals surface area contributed by atoms with Crippen molar-refractivity contribution in [2.45, 2.75) is 242 Å². The molecule has 0 aromatic heterocycles. The number of hydrogen-bond acceptors (Lipinski definition) is 0. The van der Waals surface area contributed by atoms with E-state index in [2.05, 4.69) is 52.0 Å². The third kappa shape index (κ3) is 33.4. The SMILES string of the molecule is CC(C)(F)F.CC(F)C(C)C(F)F.CC(F)Cc1ccc(C(F)(F)F)cc1.CCC.CCC1C(F)C(F)C(F)C(F)C1F.CCc1c(F)c(F)c(C)c(F)c1F.CCc1c(F)c(F)c(F)c(F)c1F.CCc1ccc(C)cc1.Cc1c(F)c(F)c(F)c(C(C)(F)F)c1F.Cc1c(F)c(F)c(F)c(F)c1C(C(C)F)C(F)F. The van der Waals surface area contributed by atoms with E-state index in [1.165, 1.54) is 64.3 Å². The van der Waals surface area contributed by atoms with Crippen molar-refractivity contribution in [3.63, 3.8) is 0 Å². The summed E-state index contributed by atoms with van der Waals surface area (Å²) in [4.78, 5) is 0. The van der Waals surface area contributed by atoms with Crippen molar-refractivity contribution in [2.75, 3.05) is 0 Å². The van der Waals surface area contributed by atoms with Gasteiger partial charge in [-0.2, -0.15) is 13.2 Å². The van der Waals surface area contributed by atoms with Gasteiger partial charge in [-0.15, -0.1) is 0 Å². The summed E-state index contributed by atoms with van der Waals surface area (Å²) in [6.07, 6.45) is -24.9. The van der Waals surface area contributed by atoms with E-state index < -0.39 is 241 Å². The molecule has 0 nitrogen and oxygen atoms in total. The van der Waals surface area contributed by atoms with Gasteiger partial charge in [0.1, 0.15) is 36.7 Å². The average molecular weight is 1670 g/mol. The highest BCUT2D eigenvalue weighted by Crippen LogP contribution is 2.40. The highest BCUT2D eigenvalue weighted by atomic mass is 19.4. The van der Waals surface area contributed by atoms with Crippen LogP contribution in [0.4, 0.5) is 158 Å². The van der Waals surface area contributed by atoms with Crippen LogP contribution in [0.15, 0.2) is 48.5 Å². The molecular formula is C75H84F36. The molecule has 0 N–H and O–H groups in total. The van der Waals surface area contributed by atoms with Gasteiger partial charge in [0.2, 0.25) is 24.6 Å². The summed E-state index contributed by atoms with van der Waals surface area (Å²) in [6.45, 7) is 21.5. The van der Waals surface area contributed by atoms with Gasteiger partial charge in [0.25, 0.3) is 5.92 Å². The maximum atomic E-state index is 13.4. The molecule has 1 saturated carbocycles. The van der Waals surface area contributed by atoms with E-state index in [-0.39, 0.29) is 32.6 Å². The Balaban J connectivity index is -0.00000119. The Kier molecular flexibility index (Phi) is 47.4. The lowest BCUT2D eigenvalue weighted by molar-refractivity contribution is -0.137. The largest absolute Gasteiger partial charge is 0.416 e. The van der Waals surface area contributed by atoms with Crippen molar-refractivity contribution in [3.05, 3.63) is 209 Å². The van der Waals surface area contributed by atoms with Crippen molar-refractivity contribution in [2.24, 2.45) is 11.8 Å². The van der Waals surface area contributed by atoms with E-state index in [0.717, 1.165) is 60.1 Å². The third-order valence-corrected chi connectivity index (χ3v) is 15.1. The molecule has 636 valence electrons. The van der Waals surface area contributed by atoms with E-state index in [0.29, 0.717) is 12.5 Å². The number of alkyl halides is 19. The van der Waals surface area contributed by atoms with Gasteiger partial charge in [0.05, 0.1) is 17.0 Å². The molecule has 0 aliphatic heterocycles. The summed E-state index contributed by atoms with van der Waals surface area (Å²) < 4.78 is 451. The van der Waals surface area contributed by atoms with Crippen LogP contribution in [0.25, 0.3) is 0 Å². The van der Waals surface area contributed by atoms with Crippen molar-refractivity contribution in [1.29, 1.82) is 0 Å². The van der Waals surface area contributed by atoms with E-state index in [1.807, 2.05) is 0 Å². The molecule has 0 spiro atoms. The monoisotopic (exact) mass is 1670 g/mol. The fourth-order valence-electron chi connectivity index (χ4n) is 8.71. The molecule has 111 heavy (non-hydrogen) atoms. The predicted molar refractivity (Wildman–Crippen MR) is 349 cm³/mol. The Morgan fingerprint density at radius 1 is 0.351 bits per heavy atom. The lowest BCUT2D eigenvalue weighted by Gasteiger charge is -2.35. The topological polar surface area (TPSA) is 0 Å². The summed E-state index contributed by atoms with van der Waals surface area (Å²) in [7, 11) is 0. The fourth-order valence-corrected chi connectivity index (χ4v) is 8.71. The molecule has 0 saturated heterocycles. The normalized spacial score (nSPS) is 17.3. The van der Waals surface area contributed by atoms with Gasteiger partial charge in [-0.1, -0.05) is 96.8 Å². The summed E-state index contributed by atoms with van der Waals surface area (Å²) >= 11 is 0. The third-order valence-electron chi connectivity index (χ3n) is 15.1. The quantitative estimate of drug-likeness (QED) is 0.0651. The van der Waals surface area contributed by atoms with E-state index >= 15 is 0 Å². The molecule has 7 rings (SSSR count). The molecule has 36 heteroatoms. The Hall–Kier alpha value is -7.20. The molecule has 0 amide bonds. The smallest absolute Gasteiger partial charge is 0.247 e. The lowest BCUT2D eigenvalue weighted by Crippen LogP contribution is -2.53. The van der Waals surface area contributed by atoms with Gasteiger partial charge in [-0.3, -0.25) is 0 Å². The number of benzene rings is 6.